The maximum atomic E-state index is 5.83. The van der Waals surface area contributed by atoms with Crippen molar-refractivity contribution in [3.05, 3.63) is 12.1 Å². The van der Waals surface area contributed by atoms with Gasteiger partial charge in [-0.25, -0.2) is 4.98 Å². The largest absolute Gasteiger partial charge is 0.473 e. The van der Waals surface area contributed by atoms with Gasteiger partial charge >= 0.3 is 0 Å². The normalized spacial score (nSPS) is 10.4. The van der Waals surface area contributed by atoms with E-state index in [9.17, 15) is 0 Å². The summed E-state index contributed by atoms with van der Waals surface area (Å²) in [5, 5.41) is 3.70. The molecule has 1 aromatic carbocycles. The highest BCUT2D eigenvalue weighted by Gasteiger charge is 2.09. The van der Waals surface area contributed by atoms with Gasteiger partial charge in [-0.3, -0.25) is 0 Å². The molecule has 0 bridgehead atoms. The molecule has 0 aliphatic carbocycles. The van der Waals surface area contributed by atoms with Crippen molar-refractivity contribution in [2.45, 2.75) is 0 Å². The molecule has 0 amide bonds. The molecule has 0 aliphatic rings. The number of methoxy groups -OCH3 is 1. The molecule has 2 rings (SSSR count). The van der Waals surface area contributed by atoms with Crippen molar-refractivity contribution in [3.63, 3.8) is 0 Å². The zero-order valence-electron chi connectivity index (χ0n) is 8.00. The van der Waals surface area contributed by atoms with Crippen molar-refractivity contribution in [1.82, 2.24) is 4.98 Å². The van der Waals surface area contributed by atoms with E-state index in [4.69, 9.17) is 10.5 Å². The summed E-state index contributed by atoms with van der Waals surface area (Å²) >= 11 is 1.46. The van der Waals surface area contributed by atoms with E-state index in [1.165, 1.54) is 11.3 Å². The van der Waals surface area contributed by atoms with Gasteiger partial charge in [0.1, 0.15) is 5.52 Å². The SMILES string of the molecule is CNc1ccc(N)c2sc(OC)nc12. The number of nitrogen functional groups attached to an aromatic ring is 1. The van der Waals surface area contributed by atoms with Crippen LogP contribution in [0.2, 0.25) is 0 Å². The van der Waals surface area contributed by atoms with Gasteiger partial charge < -0.3 is 15.8 Å². The third-order valence-electron chi connectivity index (χ3n) is 2.00. The Hall–Kier alpha value is -1.49. The molecular formula is C9H11N3OS. The lowest BCUT2D eigenvalue weighted by molar-refractivity contribution is 0.413. The number of thiazole rings is 1. The van der Waals surface area contributed by atoms with E-state index in [2.05, 4.69) is 10.3 Å². The highest BCUT2D eigenvalue weighted by Crippen LogP contribution is 2.35. The van der Waals surface area contributed by atoms with Crippen molar-refractivity contribution < 1.29 is 4.74 Å². The molecule has 0 fully saturated rings. The Labute approximate surface area is 85.7 Å². The number of hydrogen-bond donors (Lipinski definition) is 2. The molecule has 4 nitrogen and oxygen atoms in total. The number of hydrogen-bond acceptors (Lipinski definition) is 5. The van der Waals surface area contributed by atoms with E-state index < -0.39 is 0 Å². The number of ether oxygens (including phenoxy) is 1. The van der Waals surface area contributed by atoms with Crippen LogP contribution in [0.3, 0.4) is 0 Å². The summed E-state index contributed by atoms with van der Waals surface area (Å²) in [6.07, 6.45) is 0. The van der Waals surface area contributed by atoms with Crippen LogP contribution < -0.4 is 15.8 Å². The number of nitrogens with zero attached hydrogens (tertiary/aromatic N) is 1. The van der Waals surface area contributed by atoms with E-state index in [0.717, 1.165) is 21.6 Å². The Balaban J connectivity index is 2.74. The lowest BCUT2D eigenvalue weighted by Gasteiger charge is -2.01. The van der Waals surface area contributed by atoms with Crippen molar-refractivity contribution >= 4 is 32.9 Å². The summed E-state index contributed by atoms with van der Waals surface area (Å²) in [6, 6.07) is 3.78. The quantitative estimate of drug-likeness (QED) is 0.742. The van der Waals surface area contributed by atoms with Gasteiger partial charge in [-0.1, -0.05) is 11.3 Å². The monoisotopic (exact) mass is 209 g/mol. The predicted octanol–water partition coefficient (Wildman–Crippen LogP) is 1.93. The van der Waals surface area contributed by atoms with Gasteiger partial charge in [0.05, 0.1) is 23.2 Å². The average Bonchev–Trinajstić information content (AvgIpc) is 2.63. The predicted molar refractivity (Wildman–Crippen MR) is 60.1 cm³/mol. The number of rotatable bonds is 2. The minimum absolute atomic E-state index is 0.634. The second-order valence-corrected chi connectivity index (χ2v) is 3.78. The smallest absolute Gasteiger partial charge is 0.274 e. The molecule has 5 heteroatoms. The van der Waals surface area contributed by atoms with Crippen LogP contribution in [-0.4, -0.2) is 19.1 Å². The summed E-state index contributed by atoms with van der Waals surface area (Å²) in [4.78, 5) is 4.32. The second-order valence-electron chi connectivity index (χ2n) is 2.81. The molecule has 1 aromatic heterocycles. The Morgan fingerprint density at radius 3 is 2.93 bits per heavy atom. The molecule has 1 heterocycles. The summed E-state index contributed by atoms with van der Waals surface area (Å²) in [5.41, 5.74) is 8.41. The van der Waals surface area contributed by atoms with Gasteiger partial charge in [0.2, 0.25) is 0 Å². The molecule has 74 valence electrons. The number of nitrogens with two attached hydrogens (primary N) is 1. The standard InChI is InChI=1S/C9H11N3OS/c1-11-6-4-3-5(10)8-7(6)12-9(13-2)14-8/h3-4,11H,10H2,1-2H3. The van der Waals surface area contributed by atoms with Crippen LogP contribution in [0, 0.1) is 0 Å². The molecule has 0 saturated heterocycles. The van der Waals surface area contributed by atoms with Crippen molar-refractivity contribution in [3.8, 4) is 5.19 Å². The van der Waals surface area contributed by atoms with Gasteiger partial charge in [-0.2, -0.15) is 0 Å². The lowest BCUT2D eigenvalue weighted by atomic mass is 10.2. The molecule has 0 radical (unpaired) electrons. The van der Waals surface area contributed by atoms with E-state index in [1.807, 2.05) is 19.2 Å². The highest BCUT2D eigenvalue weighted by atomic mass is 32.1. The molecular weight excluding hydrogens is 198 g/mol. The Morgan fingerprint density at radius 2 is 2.29 bits per heavy atom. The van der Waals surface area contributed by atoms with Gasteiger partial charge in [0.25, 0.3) is 5.19 Å². The molecule has 14 heavy (non-hydrogen) atoms. The summed E-state index contributed by atoms with van der Waals surface area (Å²) in [7, 11) is 3.46. The first-order valence-corrected chi connectivity index (χ1v) is 4.98. The molecule has 0 saturated carbocycles. The maximum absolute atomic E-state index is 5.83. The second kappa shape index (κ2) is 3.34. The summed E-state index contributed by atoms with van der Waals surface area (Å²) in [5.74, 6) is 0. The fourth-order valence-corrected chi connectivity index (χ4v) is 2.13. The van der Waals surface area contributed by atoms with E-state index in [1.54, 1.807) is 7.11 Å². The van der Waals surface area contributed by atoms with Crippen LogP contribution in [-0.2, 0) is 0 Å². The fourth-order valence-electron chi connectivity index (χ4n) is 1.30. The molecule has 3 N–H and O–H groups in total. The molecule has 0 atom stereocenters. The van der Waals surface area contributed by atoms with Crippen LogP contribution >= 0.6 is 11.3 Å². The van der Waals surface area contributed by atoms with Crippen LogP contribution in [0.25, 0.3) is 10.2 Å². The summed E-state index contributed by atoms with van der Waals surface area (Å²) in [6.45, 7) is 0. The van der Waals surface area contributed by atoms with Crippen LogP contribution in [0.1, 0.15) is 0 Å². The van der Waals surface area contributed by atoms with Crippen molar-refractivity contribution in [2.24, 2.45) is 0 Å². The lowest BCUT2D eigenvalue weighted by Crippen LogP contribution is -1.91. The maximum Gasteiger partial charge on any atom is 0.274 e. The molecule has 0 unspecified atom stereocenters. The van der Waals surface area contributed by atoms with Gasteiger partial charge in [-0.15, -0.1) is 0 Å². The zero-order chi connectivity index (χ0) is 10.1. The topological polar surface area (TPSA) is 60.2 Å². The number of nitrogens with one attached hydrogen (secondary N) is 1. The Bertz CT molecular complexity index is 466. The van der Waals surface area contributed by atoms with Crippen molar-refractivity contribution in [1.29, 1.82) is 0 Å². The van der Waals surface area contributed by atoms with Gasteiger partial charge in [-0.05, 0) is 12.1 Å². The van der Waals surface area contributed by atoms with E-state index in [-0.39, 0.29) is 0 Å². The molecule has 0 spiro atoms. The third-order valence-corrected chi connectivity index (χ3v) is 3.06. The number of anilines is 2. The highest BCUT2D eigenvalue weighted by molar-refractivity contribution is 7.20. The number of benzene rings is 1. The van der Waals surface area contributed by atoms with Crippen LogP contribution in [0.15, 0.2) is 12.1 Å². The van der Waals surface area contributed by atoms with Crippen LogP contribution in [0.5, 0.6) is 5.19 Å². The Kier molecular flexibility index (Phi) is 2.17. The number of fused-ring (bicyclic) bond motifs is 1. The zero-order valence-corrected chi connectivity index (χ0v) is 8.81. The van der Waals surface area contributed by atoms with Gasteiger partial charge in [0.15, 0.2) is 0 Å². The first kappa shape index (κ1) is 9.08. The summed E-state index contributed by atoms with van der Waals surface area (Å²) < 4.78 is 6.04. The minimum atomic E-state index is 0.634. The molecule has 2 aromatic rings. The minimum Gasteiger partial charge on any atom is -0.473 e. The first-order chi connectivity index (χ1) is 6.76. The third kappa shape index (κ3) is 1.26. The number of aromatic nitrogens is 1. The van der Waals surface area contributed by atoms with Crippen molar-refractivity contribution in [2.75, 3.05) is 25.2 Å². The average molecular weight is 209 g/mol. The van der Waals surface area contributed by atoms with Gasteiger partial charge in [0, 0.05) is 7.05 Å². The van der Waals surface area contributed by atoms with Crippen LogP contribution in [0.4, 0.5) is 11.4 Å². The Morgan fingerprint density at radius 1 is 1.50 bits per heavy atom. The fraction of sp³-hybridized carbons (Fsp3) is 0.222. The first-order valence-electron chi connectivity index (χ1n) is 4.17. The van der Waals surface area contributed by atoms with E-state index >= 15 is 0 Å². The molecule has 0 aliphatic heterocycles. The van der Waals surface area contributed by atoms with E-state index in [0.29, 0.717) is 5.19 Å².